The van der Waals surface area contributed by atoms with Crippen molar-refractivity contribution in [2.75, 3.05) is 12.9 Å². The minimum atomic E-state index is -3.39. The molecule has 1 fully saturated rings. The van der Waals surface area contributed by atoms with Crippen molar-refractivity contribution in [3.8, 4) is 0 Å². The summed E-state index contributed by atoms with van der Waals surface area (Å²) in [6.07, 6.45) is 0.988. The van der Waals surface area contributed by atoms with Crippen LogP contribution in [0.3, 0.4) is 0 Å². The van der Waals surface area contributed by atoms with Crippen LogP contribution in [0.25, 0.3) is 0 Å². The highest BCUT2D eigenvalue weighted by Crippen LogP contribution is 2.34. The fourth-order valence-corrected chi connectivity index (χ4v) is 4.95. The average molecular weight is 412 g/mol. The zero-order valence-corrected chi connectivity index (χ0v) is 16.4. The van der Waals surface area contributed by atoms with E-state index >= 15 is 0 Å². The Hall–Kier alpha value is -1.88. The highest BCUT2D eigenvalue weighted by molar-refractivity contribution is 7.90. The Kier molecular flexibility index (Phi) is 4.77. The first-order valence-corrected chi connectivity index (χ1v) is 10.8. The molecule has 2 N–H and O–H groups in total. The lowest BCUT2D eigenvalue weighted by Crippen LogP contribution is -2.47. The summed E-state index contributed by atoms with van der Waals surface area (Å²) in [5.74, 6) is -1.07. The van der Waals surface area contributed by atoms with E-state index in [4.69, 9.17) is 10.5 Å². The molecule has 1 aromatic carbocycles. The number of hydrogen-bond donors (Lipinski definition) is 1. The summed E-state index contributed by atoms with van der Waals surface area (Å²) in [7, 11) is -1.69. The summed E-state index contributed by atoms with van der Waals surface area (Å²) in [6, 6.07) is 2.77. The van der Waals surface area contributed by atoms with Gasteiger partial charge in [-0.15, -0.1) is 0 Å². The van der Waals surface area contributed by atoms with Crippen LogP contribution in [-0.2, 0) is 34.7 Å². The first kappa shape index (κ1) is 19.4. The maximum atomic E-state index is 14.1. The van der Waals surface area contributed by atoms with Gasteiger partial charge >= 0.3 is 0 Å². The Morgan fingerprint density at radius 3 is 2.68 bits per heavy atom. The van der Waals surface area contributed by atoms with Crippen LogP contribution in [-0.4, -0.2) is 47.8 Å². The molecule has 2 aromatic rings. The van der Waals surface area contributed by atoms with Crippen LogP contribution in [0.1, 0.15) is 29.5 Å². The zero-order valence-electron chi connectivity index (χ0n) is 15.6. The largest absolute Gasteiger partial charge is 0.370 e. The summed E-state index contributed by atoms with van der Waals surface area (Å²) in [5.41, 5.74) is 7.96. The molecule has 1 aromatic heterocycles. The van der Waals surface area contributed by atoms with Crippen molar-refractivity contribution in [2.24, 2.45) is 12.8 Å². The van der Waals surface area contributed by atoms with Crippen molar-refractivity contribution in [3.63, 3.8) is 0 Å². The number of nitrogens with zero attached hydrogens (tertiary/aromatic N) is 3. The van der Waals surface area contributed by atoms with Gasteiger partial charge in [0.05, 0.1) is 18.0 Å². The van der Waals surface area contributed by atoms with E-state index in [1.54, 1.807) is 11.6 Å². The van der Waals surface area contributed by atoms with Crippen LogP contribution >= 0.6 is 0 Å². The van der Waals surface area contributed by atoms with E-state index in [1.165, 1.54) is 0 Å². The van der Waals surface area contributed by atoms with Gasteiger partial charge in [0.15, 0.2) is 0 Å². The second-order valence-corrected chi connectivity index (χ2v) is 9.41. The second kappa shape index (κ2) is 6.87. The number of nitrogens with two attached hydrogens (primary N) is 1. The molecule has 3 heterocycles. The normalized spacial score (nSPS) is 25.8. The predicted octanol–water partition coefficient (Wildman–Crippen LogP) is 1.27. The zero-order chi connectivity index (χ0) is 20.2. The molecule has 2 aliphatic rings. The Bertz CT molecular complexity index is 1020. The van der Waals surface area contributed by atoms with E-state index in [0.717, 1.165) is 35.8 Å². The number of imidazole rings is 1. The van der Waals surface area contributed by atoms with Crippen molar-refractivity contribution < 1.29 is 21.9 Å². The van der Waals surface area contributed by atoms with Crippen molar-refractivity contribution >= 4 is 9.84 Å². The molecule has 10 heteroatoms. The van der Waals surface area contributed by atoms with Gasteiger partial charge in [0, 0.05) is 44.0 Å². The van der Waals surface area contributed by atoms with Crippen LogP contribution in [0.15, 0.2) is 23.4 Å². The SMILES string of the molecule is Cn1c(S(C)(=O)=O)nc2c1CN([C@H]1CO[C@H](c3cc(F)ccc3F)[C@@H](N)C1)C2. The average Bonchev–Trinajstić information content (AvgIpc) is 3.17. The van der Waals surface area contributed by atoms with Crippen LogP contribution in [0, 0.1) is 11.6 Å². The molecule has 152 valence electrons. The molecule has 1 saturated heterocycles. The van der Waals surface area contributed by atoms with Crippen molar-refractivity contribution in [1.82, 2.24) is 14.5 Å². The molecule has 0 bridgehead atoms. The van der Waals surface area contributed by atoms with Crippen molar-refractivity contribution in [3.05, 3.63) is 46.8 Å². The molecule has 0 amide bonds. The summed E-state index contributed by atoms with van der Waals surface area (Å²) >= 11 is 0. The molecule has 0 aliphatic carbocycles. The molecular formula is C18H22F2N4O3S. The van der Waals surface area contributed by atoms with Crippen molar-refractivity contribution in [1.29, 1.82) is 0 Å². The third-order valence-corrected chi connectivity index (χ3v) is 6.50. The minimum absolute atomic E-state index is 0.0150. The van der Waals surface area contributed by atoms with Crippen LogP contribution in [0.4, 0.5) is 8.78 Å². The van der Waals surface area contributed by atoms with E-state index in [-0.39, 0.29) is 16.8 Å². The molecule has 3 atom stereocenters. The number of benzene rings is 1. The number of hydrogen-bond acceptors (Lipinski definition) is 6. The molecule has 0 saturated carbocycles. The van der Waals surface area contributed by atoms with E-state index in [1.807, 2.05) is 0 Å². The van der Waals surface area contributed by atoms with E-state index < -0.39 is 33.6 Å². The lowest BCUT2D eigenvalue weighted by molar-refractivity contribution is -0.0535. The fourth-order valence-electron chi connectivity index (χ4n) is 4.07. The quantitative estimate of drug-likeness (QED) is 0.817. The van der Waals surface area contributed by atoms with Crippen molar-refractivity contribution in [2.45, 2.75) is 42.9 Å². The van der Waals surface area contributed by atoms with Crippen LogP contribution < -0.4 is 5.73 Å². The Labute approximate surface area is 162 Å². The molecule has 0 unspecified atom stereocenters. The Balaban J connectivity index is 1.47. The van der Waals surface area contributed by atoms with Gasteiger partial charge in [-0.25, -0.2) is 22.2 Å². The summed E-state index contributed by atoms with van der Waals surface area (Å²) in [4.78, 5) is 6.41. The third-order valence-electron chi connectivity index (χ3n) is 5.48. The van der Waals surface area contributed by atoms with Gasteiger partial charge in [-0.05, 0) is 24.6 Å². The number of sulfone groups is 1. The summed E-state index contributed by atoms with van der Waals surface area (Å²) in [6.45, 7) is 1.35. The summed E-state index contributed by atoms with van der Waals surface area (Å²) in [5, 5.41) is 0.0652. The van der Waals surface area contributed by atoms with Crippen LogP contribution in [0.2, 0.25) is 0 Å². The Morgan fingerprint density at radius 2 is 2.04 bits per heavy atom. The fraction of sp³-hybridized carbons (Fsp3) is 0.500. The number of rotatable bonds is 3. The maximum absolute atomic E-state index is 14.1. The minimum Gasteiger partial charge on any atom is -0.370 e. The first-order chi connectivity index (χ1) is 13.1. The predicted molar refractivity (Wildman–Crippen MR) is 97.0 cm³/mol. The standard InChI is InChI=1S/C18H22F2N4O3S/c1-23-16-8-24(7-15(16)22-18(23)28(2,25)26)11-6-14(21)17(27-9-11)12-5-10(19)3-4-13(12)20/h3-5,11,14,17H,6-9,21H2,1-2H3/t11-,14+,17-/m1/s1. The monoisotopic (exact) mass is 412 g/mol. The second-order valence-electron chi connectivity index (χ2n) is 7.50. The maximum Gasteiger partial charge on any atom is 0.227 e. The van der Waals surface area contributed by atoms with E-state index in [0.29, 0.717) is 26.1 Å². The van der Waals surface area contributed by atoms with Crippen LogP contribution in [0.5, 0.6) is 0 Å². The van der Waals surface area contributed by atoms with Gasteiger partial charge in [0.25, 0.3) is 0 Å². The number of halogens is 2. The summed E-state index contributed by atoms with van der Waals surface area (Å²) < 4.78 is 58.6. The molecule has 2 aliphatic heterocycles. The molecule has 0 radical (unpaired) electrons. The van der Waals surface area contributed by atoms with Gasteiger partial charge in [-0.1, -0.05) is 0 Å². The van der Waals surface area contributed by atoms with Gasteiger partial charge in [0.1, 0.15) is 17.7 Å². The lowest BCUT2D eigenvalue weighted by Gasteiger charge is -2.38. The highest BCUT2D eigenvalue weighted by atomic mass is 32.2. The number of ether oxygens (including phenoxy) is 1. The molecule has 28 heavy (non-hydrogen) atoms. The topological polar surface area (TPSA) is 90.5 Å². The van der Waals surface area contributed by atoms with E-state index in [2.05, 4.69) is 9.88 Å². The van der Waals surface area contributed by atoms with E-state index in [9.17, 15) is 17.2 Å². The third kappa shape index (κ3) is 3.34. The molecule has 4 rings (SSSR count). The molecule has 7 nitrogen and oxygen atoms in total. The Morgan fingerprint density at radius 1 is 1.29 bits per heavy atom. The smallest absolute Gasteiger partial charge is 0.227 e. The first-order valence-electron chi connectivity index (χ1n) is 8.96. The molecule has 0 spiro atoms. The molecular weight excluding hydrogens is 390 g/mol. The van der Waals surface area contributed by atoms with Gasteiger partial charge in [0.2, 0.25) is 15.0 Å². The number of aromatic nitrogens is 2. The van der Waals surface area contributed by atoms with Gasteiger partial charge < -0.3 is 15.0 Å². The lowest BCUT2D eigenvalue weighted by atomic mass is 9.93. The highest BCUT2D eigenvalue weighted by Gasteiger charge is 2.38. The van der Waals surface area contributed by atoms with Gasteiger partial charge in [-0.3, -0.25) is 4.90 Å². The van der Waals surface area contributed by atoms with Gasteiger partial charge in [-0.2, -0.15) is 0 Å². The number of fused-ring (bicyclic) bond motifs is 1.